The van der Waals surface area contributed by atoms with Gasteiger partial charge in [0.2, 0.25) is 0 Å². The van der Waals surface area contributed by atoms with E-state index in [1.165, 1.54) is 183 Å². The molecule has 1 unspecified atom stereocenters. The fourth-order valence-electron chi connectivity index (χ4n) is 7.93. The van der Waals surface area contributed by atoms with E-state index in [-0.39, 0.29) is 5.92 Å². The second-order valence-electron chi connectivity index (χ2n) is 16.3. The van der Waals surface area contributed by atoms with E-state index in [4.69, 9.17) is 10.8 Å². The molecule has 2 rings (SSSR count). The summed E-state index contributed by atoms with van der Waals surface area (Å²) in [4.78, 5) is 0. The third-order valence-electron chi connectivity index (χ3n) is 11.4. The zero-order chi connectivity index (χ0) is 37.3. The smallest absolute Gasteiger partial charge is 0.0596 e. The maximum atomic E-state index is 9.12. The van der Waals surface area contributed by atoms with Crippen LogP contribution >= 0.6 is 0 Å². The molecular weight excluding hydrogens is 629 g/mol. The molecule has 1 atom stereocenters. The zero-order valence-electron chi connectivity index (χ0n) is 34.8. The average Bonchev–Trinajstić information content (AvgIpc) is 3.16. The van der Waals surface area contributed by atoms with Gasteiger partial charge in [-0.05, 0) is 80.0 Å². The molecule has 0 amide bonds. The van der Waals surface area contributed by atoms with Crippen molar-refractivity contribution >= 4 is 11.4 Å². The zero-order valence-corrected chi connectivity index (χ0v) is 34.8. The first-order chi connectivity index (χ1) is 25.6. The molecule has 294 valence electrons. The molecule has 52 heavy (non-hydrogen) atoms. The van der Waals surface area contributed by atoms with Crippen LogP contribution in [0, 0.1) is 10.8 Å². The van der Waals surface area contributed by atoms with Crippen LogP contribution in [0.3, 0.4) is 0 Å². The highest BCUT2D eigenvalue weighted by molar-refractivity contribution is 6.41. The lowest BCUT2D eigenvalue weighted by molar-refractivity contribution is 0.544. The van der Waals surface area contributed by atoms with E-state index < -0.39 is 0 Å². The molecule has 0 heterocycles. The fraction of sp³-hybridized carbons (Fsp3) is 0.720. The number of nitrogens with one attached hydrogen (secondary N) is 2. The average molecular weight is 713 g/mol. The minimum absolute atomic E-state index is 0.0236. The number of benzene rings is 2. The molecule has 0 aliphatic heterocycles. The van der Waals surface area contributed by atoms with Crippen molar-refractivity contribution in [3.63, 3.8) is 0 Å². The monoisotopic (exact) mass is 713 g/mol. The maximum Gasteiger partial charge on any atom is 0.0596 e. The van der Waals surface area contributed by atoms with Gasteiger partial charge in [-0.25, -0.2) is 0 Å². The predicted octanol–water partition coefficient (Wildman–Crippen LogP) is 16.5. The Balaban J connectivity index is 1.77. The van der Waals surface area contributed by atoms with Crippen LogP contribution in [0.15, 0.2) is 48.5 Å². The van der Waals surface area contributed by atoms with Crippen LogP contribution in [0.2, 0.25) is 0 Å². The molecule has 0 radical (unpaired) electrons. The Bertz CT molecular complexity index is 1150. The summed E-state index contributed by atoms with van der Waals surface area (Å²) in [6, 6.07) is 18.4. The van der Waals surface area contributed by atoms with Gasteiger partial charge in [0.1, 0.15) is 0 Å². The molecule has 0 bridgehead atoms. The first-order valence-corrected chi connectivity index (χ1v) is 22.9. The van der Waals surface area contributed by atoms with Gasteiger partial charge in [-0.15, -0.1) is 0 Å². The molecule has 0 saturated heterocycles. The fourth-order valence-corrected chi connectivity index (χ4v) is 7.93. The topological polar surface area (TPSA) is 47.7 Å². The largest absolute Gasteiger partial charge is 0.303 e. The number of aryl methyl sites for hydroxylation is 3. The molecule has 2 nitrogen and oxygen atoms in total. The van der Waals surface area contributed by atoms with Crippen LogP contribution in [0.4, 0.5) is 0 Å². The van der Waals surface area contributed by atoms with Gasteiger partial charge in [-0.2, -0.15) is 0 Å². The second-order valence-corrected chi connectivity index (χ2v) is 16.3. The van der Waals surface area contributed by atoms with Crippen LogP contribution < -0.4 is 0 Å². The summed E-state index contributed by atoms with van der Waals surface area (Å²) in [5, 5.41) is 17.9. The third-order valence-corrected chi connectivity index (χ3v) is 11.4. The van der Waals surface area contributed by atoms with Gasteiger partial charge in [-0.1, -0.05) is 217 Å². The van der Waals surface area contributed by atoms with Crippen molar-refractivity contribution in [2.24, 2.45) is 0 Å². The van der Waals surface area contributed by atoms with E-state index in [0.717, 1.165) is 44.9 Å². The van der Waals surface area contributed by atoms with Crippen molar-refractivity contribution < 1.29 is 0 Å². The Labute approximate surface area is 324 Å². The summed E-state index contributed by atoms with van der Waals surface area (Å²) in [6.07, 6.45) is 41.6. The molecule has 0 aliphatic rings. The molecule has 2 aromatic rings. The van der Waals surface area contributed by atoms with Crippen LogP contribution in [-0.2, 0) is 19.3 Å². The maximum absolute atomic E-state index is 9.12. The molecule has 2 aromatic carbocycles. The Morgan fingerprint density at radius 1 is 0.423 bits per heavy atom. The van der Waals surface area contributed by atoms with Gasteiger partial charge in [0.25, 0.3) is 0 Å². The first kappa shape index (κ1) is 45.9. The van der Waals surface area contributed by atoms with E-state index in [2.05, 4.69) is 69.3 Å². The van der Waals surface area contributed by atoms with Gasteiger partial charge in [0.15, 0.2) is 0 Å². The number of hydrogen-bond donors (Lipinski definition) is 2. The predicted molar refractivity (Wildman–Crippen MR) is 233 cm³/mol. The Hall–Kier alpha value is -2.22. The second kappa shape index (κ2) is 32.2. The van der Waals surface area contributed by atoms with Gasteiger partial charge in [-0.3, -0.25) is 0 Å². The molecule has 0 spiro atoms. The highest BCUT2D eigenvalue weighted by Crippen LogP contribution is 2.27. The Morgan fingerprint density at radius 3 is 1.23 bits per heavy atom. The summed E-state index contributed by atoms with van der Waals surface area (Å²) in [5.74, 6) is 0.0236. The van der Waals surface area contributed by atoms with Crippen molar-refractivity contribution in [2.45, 2.75) is 232 Å². The van der Waals surface area contributed by atoms with Crippen molar-refractivity contribution in [3.05, 3.63) is 70.8 Å². The molecule has 0 aromatic heterocycles. The SMILES string of the molecule is CCCCCCCCCCCCCCc1cccc(CCCC(C(=N)C(=N)CCCC)c2cccc(CCCCCCCCCCCCCC)c2)c1. The van der Waals surface area contributed by atoms with Gasteiger partial charge in [0, 0.05) is 5.92 Å². The summed E-state index contributed by atoms with van der Waals surface area (Å²) in [6.45, 7) is 6.77. The Morgan fingerprint density at radius 2 is 0.788 bits per heavy atom. The lowest BCUT2D eigenvalue weighted by Crippen LogP contribution is -2.21. The molecule has 0 aliphatic carbocycles. The van der Waals surface area contributed by atoms with E-state index in [1.54, 1.807) is 0 Å². The summed E-state index contributed by atoms with van der Waals surface area (Å²) >= 11 is 0. The van der Waals surface area contributed by atoms with Crippen molar-refractivity contribution in [3.8, 4) is 0 Å². The molecule has 2 N–H and O–H groups in total. The molecule has 0 saturated carbocycles. The van der Waals surface area contributed by atoms with Crippen LogP contribution in [0.1, 0.15) is 235 Å². The lowest BCUT2D eigenvalue weighted by atomic mass is 9.84. The highest BCUT2D eigenvalue weighted by Gasteiger charge is 2.21. The van der Waals surface area contributed by atoms with Crippen LogP contribution in [0.25, 0.3) is 0 Å². The van der Waals surface area contributed by atoms with Crippen LogP contribution in [0.5, 0.6) is 0 Å². The van der Waals surface area contributed by atoms with Gasteiger partial charge < -0.3 is 10.8 Å². The molecule has 0 fully saturated rings. The molecule has 2 heteroatoms. The summed E-state index contributed by atoms with van der Waals surface area (Å²) < 4.78 is 0. The van der Waals surface area contributed by atoms with E-state index in [9.17, 15) is 0 Å². The summed E-state index contributed by atoms with van der Waals surface area (Å²) in [5.41, 5.74) is 6.68. The minimum Gasteiger partial charge on any atom is -0.303 e. The van der Waals surface area contributed by atoms with E-state index >= 15 is 0 Å². The number of hydrogen-bond acceptors (Lipinski definition) is 2. The number of unbranched alkanes of at least 4 members (excludes halogenated alkanes) is 23. The van der Waals surface area contributed by atoms with E-state index in [1.807, 2.05) is 0 Å². The van der Waals surface area contributed by atoms with Crippen molar-refractivity contribution in [2.75, 3.05) is 0 Å². The minimum atomic E-state index is 0.0236. The first-order valence-electron chi connectivity index (χ1n) is 22.9. The van der Waals surface area contributed by atoms with Crippen molar-refractivity contribution in [1.82, 2.24) is 0 Å². The molecular formula is C50H84N2. The normalized spacial score (nSPS) is 12.0. The van der Waals surface area contributed by atoms with Crippen LogP contribution in [-0.4, -0.2) is 11.4 Å². The Kier molecular flexibility index (Phi) is 28.5. The number of rotatable bonds is 36. The third kappa shape index (κ3) is 22.8. The quantitative estimate of drug-likeness (QED) is 0.0522. The summed E-state index contributed by atoms with van der Waals surface area (Å²) in [7, 11) is 0. The highest BCUT2D eigenvalue weighted by atomic mass is 14.5. The van der Waals surface area contributed by atoms with Crippen molar-refractivity contribution in [1.29, 1.82) is 10.8 Å². The van der Waals surface area contributed by atoms with Gasteiger partial charge in [0.05, 0.1) is 11.4 Å². The standard InChI is InChI=1S/C50H84N2/c1-4-7-10-12-14-16-18-20-22-24-26-28-33-44-35-30-36-45(42-44)38-32-40-48(50(52)49(51)41-9-6-3)47-39-31-37-46(43-47)34-29-27-25-23-21-19-17-15-13-11-8-5-2/h30-31,35-37,39,42-43,48,51-52H,4-29,32-34,38,40-41H2,1-3H3. The lowest BCUT2D eigenvalue weighted by Gasteiger charge is -2.20. The van der Waals surface area contributed by atoms with Gasteiger partial charge >= 0.3 is 0 Å². The van der Waals surface area contributed by atoms with E-state index in [0.29, 0.717) is 11.4 Å².